The Bertz CT molecular complexity index is 3130. The van der Waals surface area contributed by atoms with E-state index in [0.29, 0.717) is 17.5 Å². The van der Waals surface area contributed by atoms with E-state index in [4.69, 9.17) is 23.8 Å². The Labute approximate surface area is 310 Å². The van der Waals surface area contributed by atoms with E-state index in [-0.39, 0.29) is 5.92 Å². The topological polar surface area (TPSA) is 65.0 Å². The summed E-state index contributed by atoms with van der Waals surface area (Å²) in [4.78, 5) is 15.7. The number of nitrogens with zero attached hydrogens (tertiary/aromatic N) is 3. The number of hydrogen-bond donors (Lipinski definition) is 0. The van der Waals surface area contributed by atoms with Crippen LogP contribution in [0, 0.1) is 5.92 Å². The second-order valence-corrected chi connectivity index (χ2v) is 13.9. The highest BCUT2D eigenvalue weighted by Gasteiger charge is 2.24. The van der Waals surface area contributed by atoms with Crippen LogP contribution >= 0.6 is 0 Å². The Morgan fingerprint density at radius 2 is 1.19 bits per heavy atom. The second kappa shape index (κ2) is 12.2. The van der Waals surface area contributed by atoms with Crippen molar-refractivity contribution in [1.82, 2.24) is 15.0 Å². The van der Waals surface area contributed by atoms with Crippen LogP contribution in [0.3, 0.4) is 0 Å². The van der Waals surface area contributed by atoms with Crippen LogP contribution in [0.5, 0.6) is 0 Å². The molecule has 2 aliphatic carbocycles. The molecule has 0 N–H and O–H groups in total. The molecule has 0 saturated carbocycles. The van der Waals surface area contributed by atoms with E-state index in [1.54, 1.807) is 0 Å². The highest BCUT2D eigenvalue weighted by atomic mass is 16.3. The first kappa shape index (κ1) is 30.5. The molecule has 1 atom stereocenters. The maximum atomic E-state index is 6.51. The zero-order chi connectivity index (χ0) is 35.6. The lowest BCUT2D eigenvalue weighted by Gasteiger charge is -2.20. The maximum absolute atomic E-state index is 6.51. The lowest BCUT2D eigenvalue weighted by atomic mass is 9.84. The first-order chi connectivity index (χ1) is 26.7. The summed E-state index contributed by atoms with van der Waals surface area (Å²) in [6, 6.07) is 50.0. The molecule has 0 saturated heterocycles. The molecule has 3 aromatic heterocycles. The van der Waals surface area contributed by atoms with Crippen LogP contribution < -0.4 is 10.6 Å². The number of benzene rings is 6. The van der Waals surface area contributed by atoms with Gasteiger partial charge in [-0.1, -0.05) is 127 Å². The van der Waals surface area contributed by atoms with Crippen LogP contribution in [-0.2, 0) is 0 Å². The second-order valence-electron chi connectivity index (χ2n) is 13.9. The third kappa shape index (κ3) is 5.05. The number of furan rings is 2. The smallest absolute Gasteiger partial charge is 0.164 e. The average Bonchev–Trinajstić information content (AvgIpc) is 3.82. The molecule has 5 nitrogen and oxygen atoms in total. The number of rotatable bonds is 5. The quantitative estimate of drug-likeness (QED) is 0.180. The Morgan fingerprint density at radius 3 is 2.04 bits per heavy atom. The van der Waals surface area contributed by atoms with Crippen LogP contribution in [0.2, 0.25) is 0 Å². The van der Waals surface area contributed by atoms with Gasteiger partial charge >= 0.3 is 0 Å². The summed E-state index contributed by atoms with van der Waals surface area (Å²) in [5, 5.41) is 4.27. The van der Waals surface area contributed by atoms with Gasteiger partial charge in [0.05, 0.1) is 0 Å². The molecular weight excluding hydrogens is 663 g/mol. The number of fused-ring (bicyclic) bond motifs is 7. The van der Waals surface area contributed by atoms with Crippen LogP contribution in [0.25, 0.3) is 95.2 Å². The van der Waals surface area contributed by atoms with Crippen LogP contribution in [0.15, 0.2) is 173 Å². The number of allylic oxidation sites excluding steroid dienone is 4. The molecule has 0 aliphatic heterocycles. The van der Waals surface area contributed by atoms with Crippen LogP contribution in [0.4, 0.5) is 0 Å². The monoisotopic (exact) mass is 693 g/mol. The predicted molar refractivity (Wildman–Crippen MR) is 217 cm³/mol. The van der Waals surface area contributed by atoms with E-state index < -0.39 is 0 Å². The molecule has 0 bridgehead atoms. The fraction of sp³-hybridized carbons (Fsp3) is 0.0408. The van der Waals surface area contributed by atoms with Gasteiger partial charge in [-0.25, -0.2) is 15.0 Å². The van der Waals surface area contributed by atoms with Crippen molar-refractivity contribution in [3.8, 4) is 45.0 Å². The molecule has 1 unspecified atom stereocenters. The summed E-state index contributed by atoms with van der Waals surface area (Å²) in [6.45, 7) is 0. The minimum atomic E-state index is 0.248. The molecule has 254 valence electrons. The number of hydrogen-bond acceptors (Lipinski definition) is 5. The summed E-state index contributed by atoms with van der Waals surface area (Å²) in [5.41, 5.74) is 11.9. The Kier molecular flexibility index (Phi) is 6.92. The zero-order valence-electron chi connectivity index (χ0n) is 29.1. The fourth-order valence-corrected chi connectivity index (χ4v) is 8.03. The maximum Gasteiger partial charge on any atom is 0.164 e. The summed E-state index contributed by atoms with van der Waals surface area (Å²) >= 11 is 0. The molecule has 3 heterocycles. The first-order valence-electron chi connectivity index (χ1n) is 18.3. The normalized spacial score (nSPS) is 14.9. The SMILES string of the molecule is C1=CC2CC=c3oc4ccccc4c3=C2C=C1c1nc(-c2cccc(-c3ccccc3)c2)nc(-c2cccc3oc4cc(-c5ccccc5)ccc4c23)n1. The Morgan fingerprint density at radius 1 is 0.500 bits per heavy atom. The molecule has 6 aromatic carbocycles. The van der Waals surface area contributed by atoms with E-state index in [0.717, 1.165) is 88.9 Å². The molecule has 11 rings (SSSR count). The minimum Gasteiger partial charge on any atom is -0.456 e. The largest absolute Gasteiger partial charge is 0.456 e. The Balaban J connectivity index is 1.13. The molecule has 2 aliphatic rings. The fourth-order valence-electron chi connectivity index (χ4n) is 8.03. The number of para-hydroxylation sites is 1. The van der Waals surface area contributed by atoms with E-state index in [2.05, 4.69) is 133 Å². The lowest BCUT2D eigenvalue weighted by Crippen LogP contribution is -2.29. The van der Waals surface area contributed by atoms with Gasteiger partial charge in [-0.05, 0) is 76.7 Å². The molecule has 0 fully saturated rings. The van der Waals surface area contributed by atoms with Gasteiger partial charge in [-0.2, -0.15) is 0 Å². The highest BCUT2D eigenvalue weighted by Crippen LogP contribution is 2.39. The van der Waals surface area contributed by atoms with E-state index in [9.17, 15) is 0 Å². The average molecular weight is 694 g/mol. The summed E-state index contributed by atoms with van der Waals surface area (Å²) < 4.78 is 12.8. The lowest BCUT2D eigenvalue weighted by molar-refractivity contribution is 0.568. The molecule has 9 aromatic rings. The van der Waals surface area contributed by atoms with Crippen LogP contribution in [-0.4, -0.2) is 15.0 Å². The standard InChI is InChI=1S/C49H31N3O2/c1-3-11-30(12-4-1)33-15-9-16-35(27-33)47-50-48(36-22-21-32-24-26-43-46(40(32)28-36)37-17-7-8-19-41(37)53-43)52-49(51-47)39-18-10-20-42-45(39)38-25-23-34(29-44(38)54-42)31-13-5-2-6-14-31/h1-23,25-29,32H,24H2. The van der Waals surface area contributed by atoms with Gasteiger partial charge in [0.25, 0.3) is 0 Å². The van der Waals surface area contributed by atoms with Gasteiger partial charge in [-0.15, -0.1) is 0 Å². The van der Waals surface area contributed by atoms with Gasteiger partial charge in [0.15, 0.2) is 17.5 Å². The van der Waals surface area contributed by atoms with Crippen molar-refractivity contribution in [2.45, 2.75) is 6.42 Å². The number of aromatic nitrogens is 3. The first-order valence-corrected chi connectivity index (χ1v) is 18.3. The minimum absolute atomic E-state index is 0.248. The Hall–Kier alpha value is -7.11. The van der Waals surface area contributed by atoms with Gasteiger partial charge in [0.2, 0.25) is 0 Å². The van der Waals surface area contributed by atoms with Crippen LogP contribution in [0.1, 0.15) is 12.2 Å². The molecular formula is C49H31N3O2. The van der Waals surface area contributed by atoms with Crippen molar-refractivity contribution in [2.24, 2.45) is 5.92 Å². The van der Waals surface area contributed by atoms with Crippen molar-refractivity contribution in [3.63, 3.8) is 0 Å². The van der Waals surface area contributed by atoms with E-state index in [1.165, 1.54) is 5.57 Å². The highest BCUT2D eigenvalue weighted by molar-refractivity contribution is 6.12. The van der Waals surface area contributed by atoms with Crippen molar-refractivity contribution in [1.29, 1.82) is 0 Å². The van der Waals surface area contributed by atoms with E-state index in [1.807, 2.05) is 36.4 Å². The molecule has 54 heavy (non-hydrogen) atoms. The van der Waals surface area contributed by atoms with Crippen molar-refractivity contribution in [2.75, 3.05) is 0 Å². The van der Waals surface area contributed by atoms with Crippen molar-refractivity contribution in [3.05, 3.63) is 180 Å². The molecule has 0 radical (unpaired) electrons. The summed E-state index contributed by atoms with van der Waals surface area (Å²) in [6.07, 6.45) is 9.78. The third-order valence-electron chi connectivity index (χ3n) is 10.7. The molecule has 5 heteroatoms. The third-order valence-corrected chi connectivity index (χ3v) is 10.7. The predicted octanol–water partition coefficient (Wildman–Crippen LogP) is 10.8. The van der Waals surface area contributed by atoms with Gasteiger partial charge in [-0.3, -0.25) is 0 Å². The van der Waals surface area contributed by atoms with E-state index >= 15 is 0 Å². The summed E-state index contributed by atoms with van der Waals surface area (Å²) in [7, 11) is 0. The van der Waals surface area contributed by atoms with Gasteiger partial charge < -0.3 is 8.83 Å². The van der Waals surface area contributed by atoms with Gasteiger partial charge in [0.1, 0.15) is 22.2 Å². The zero-order valence-corrected chi connectivity index (χ0v) is 29.1. The molecule has 0 spiro atoms. The van der Waals surface area contributed by atoms with Crippen molar-refractivity contribution < 1.29 is 8.83 Å². The van der Waals surface area contributed by atoms with Crippen molar-refractivity contribution >= 4 is 50.1 Å². The van der Waals surface area contributed by atoms with Gasteiger partial charge in [0, 0.05) is 44.0 Å². The summed E-state index contributed by atoms with van der Waals surface area (Å²) in [5.74, 6) is 2.06. The molecule has 0 amide bonds.